The maximum absolute atomic E-state index is 5.95. The van der Waals surface area contributed by atoms with Crippen molar-refractivity contribution in [3.8, 4) is 11.5 Å². The molecule has 0 unspecified atom stereocenters. The van der Waals surface area contributed by atoms with Crippen LogP contribution in [-0.4, -0.2) is 0 Å². The molecule has 0 bridgehead atoms. The molecule has 2 aromatic rings. The summed E-state index contributed by atoms with van der Waals surface area (Å²) in [4.78, 5) is 0. The van der Waals surface area contributed by atoms with Crippen LogP contribution in [0.25, 0.3) is 0 Å². The number of benzene rings is 2. The van der Waals surface area contributed by atoms with E-state index in [-0.39, 0.29) is 0 Å². The SMILES string of the molecule is Cc1cc(N)c(Oc2ccc(Cl)cc2Br)cc1C. The Morgan fingerprint density at radius 2 is 1.72 bits per heavy atom. The van der Waals surface area contributed by atoms with E-state index in [2.05, 4.69) is 15.9 Å². The van der Waals surface area contributed by atoms with Gasteiger partial charge in [0.25, 0.3) is 0 Å². The topological polar surface area (TPSA) is 35.2 Å². The molecule has 0 atom stereocenters. The number of ether oxygens (including phenoxy) is 1. The van der Waals surface area contributed by atoms with Gasteiger partial charge in [0, 0.05) is 5.02 Å². The first kappa shape index (κ1) is 13.2. The Labute approximate surface area is 120 Å². The van der Waals surface area contributed by atoms with Crippen LogP contribution in [-0.2, 0) is 0 Å². The standard InChI is InChI=1S/C14H13BrClNO/c1-8-5-12(17)14(6-9(8)2)18-13-4-3-10(16)7-11(13)15/h3-7H,17H2,1-2H3. The van der Waals surface area contributed by atoms with E-state index < -0.39 is 0 Å². The summed E-state index contributed by atoms with van der Waals surface area (Å²) in [6, 6.07) is 9.22. The molecule has 94 valence electrons. The summed E-state index contributed by atoms with van der Waals surface area (Å²) in [6.07, 6.45) is 0. The Kier molecular flexibility index (Phi) is 3.83. The Bertz CT molecular complexity index is 599. The van der Waals surface area contributed by atoms with Crippen LogP contribution in [0.5, 0.6) is 11.5 Å². The van der Waals surface area contributed by atoms with E-state index >= 15 is 0 Å². The molecule has 18 heavy (non-hydrogen) atoms. The average Bonchev–Trinajstić information content (AvgIpc) is 2.29. The first-order valence-corrected chi connectivity index (χ1v) is 6.64. The molecule has 4 heteroatoms. The van der Waals surface area contributed by atoms with E-state index in [0.717, 1.165) is 15.6 Å². The molecule has 0 fully saturated rings. The smallest absolute Gasteiger partial charge is 0.150 e. The minimum atomic E-state index is 0.625. The Morgan fingerprint density at radius 3 is 2.39 bits per heavy atom. The van der Waals surface area contributed by atoms with Crippen molar-refractivity contribution in [1.29, 1.82) is 0 Å². The van der Waals surface area contributed by atoms with Gasteiger partial charge < -0.3 is 10.5 Å². The summed E-state index contributed by atoms with van der Waals surface area (Å²) in [5.41, 5.74) is 8.87. The molecular weight excluding hydrogens is 314 g/mol. The zero-order valence-corrected chi connectivity index (χ0v) is 12.5. The maximum Gasteiger partial charge on any atom is 0.150 e. The molecule has 0 aliphatic carbocycles. The second-order valence-electron chi connectivity index (χ2n) is 4.15. The highest BCUT2D eigenvalue weighted by Gasteiger charge is 2.08. The van der Waals surface area contributed by atoms with Gasteiger partial charge in [0.15, 0.2) is 5.75 Å². The van der Waals surface area contributed by atoms with E-state index in [9.17, 15) is 0 Å². The van der Waals surface area contributed by atoms with Crippen molar-refractivity contribution in [1.82, 2.24) is 0 Å². The molecule has 2 rings (SSSR count). The Hall–Kier alpha value is -1.19. The van der Waals surface area contributed by atoms with Crippen LogP contribution in [0.2, 0.25) is 5.02 Å². The fourth-order valence-corrected chi connectivity index (χ4v) is 2.34. The molecule has 2 aromatic carbocycles. The number of halogens is 2. The molecular formula is C14H13BrClNO. The number of nitrogens with two attached hydrogens (primary N) is 1. The first-order chi connectivity index (χ1) is 8.47. The third-order valence-corrected chi connectivity index (χ3v) is 3.59. The first-order valence-electron chi connectivity index (χ1n) is 5.47. The highest BCUT2D eigenvalue weighted by molar-refractivity contribution is 9.10. The predicted octanol–water partition coefficient (Wildman–Crippen LogP) is 5.09. The molecule has 0 radical (unpaired) electrons. The van der Waals surface area contributed by atoms with Crippen LogP contribution in [0.3, 0.4) is 0 Å². The molecule has 0 aliphatic rings. The minimum absolute atomic E-state index is 0.625. The summed E-state index contributed by atoms with van der Waals surface area (Å²) in [5.74, 6) is 1.34. The summed E-state index contributed by atoms with van der Waals surface area (Å²) in [6.45, 7) is 4.05. The van der Waals surface area contributed by atoms with E-state index in [1.165, 1.54) is 0 Å². The molecule has 0 saturated carbocycles. The number of rotatable bonds is 2. The molecule has 2 nitrogen and oxygen atoms in total. The lowest BCUT2D eigenvalue weighted by Crippen LogP contribution is -1.95. The van der Waals surface area contributed by atoms with Gasteiger partial charge in [-0.05, 0) is 71.2 Å². The van der Waals surface area contributed by atoms with E-state index in [1.54, 1.807) is 18.2 Å². The largest absolute Gasteiger partial charge is 0.454 e. The van der Waals surface area contributed by atoms with Crippen molar-refractivity contribution < 1.29 is 4.74 Å². The third kappa shape index (κ3) is 2.79. The van der Waals surface area contributed by atoms with Crippen LogP contribution in [0, 0.1) is 13.8 Å². The fourth-order valence-electron chi connectivity index (χ4n) is 1.58. The van der Waals surface area contributed by atoms with Crippen molar-refractivity contribution in [2.75, 3.05) is 5.73 Å². The Balaban J connectivity index is 2.37. The number of aryl methyl sites for hydroxylation is 2. The number of nitrogen functional groups attached to an aromatic ring is 1. The molecule has 2 N–H and O–H groups in total. The van der Waals surface area contributed by atoms with Crippen LogP contribution in [0.4, 0.5) is 5.69 Å². The lowest BCUT2D eigenvalue weighted by molar-refractivity contribution is 0.481. The third-order valence-electron chi connectivity index (χ3n) is 2.74. The fraction of sp³-hybridized carbons (Fsp3) is 0.143. The normalized spacial score (nSPS) is 10.4. The lowest BCUT2D eigenvalue weighted by atomic mass is 10.1. The molecule has 0 heterocycles. The van der Waals surface area contributed by atoms with Gasteiger partial charge >= 0.3 is 0 Å². The molecule has 0 saturated heterocycles. The van der Waals surface area contributed by atoms with Crippen molar-refractivity contribution in [2.24, 2.45) is 0 Å². The second-order valence-corrected chi connectivity index (χ2v) is 5.44. The van der Waals surface area contributed by atoms with Gasteiger partial charge in [-0.25, -0.2) is 0 Å². The maximum atomic E-state index is 5.95. The van der Waals surface area contributed by atoms with Gasteiger partial charge in [0.05, 0.1) is 10.2 Å². The van der Waals surface area contributed by atoms with Gasteiger partial charge in [0.1, 0.15) is 5.75 Å². The zero-order chi connectivity index (χ0) is 13.3. The molecule has 0 aromatic heterocycles. The minimum Gasteiger partial charge on any atom is -0.454 e. The van der Waals surface area contributed by atoms with E-state index in [4.69, 9.17) is 22.1 Å². The summed E-state index contributed by atoms with van der Waals surface area (Å²) >= 11 is 9.30. The van der Waals surface area contributed by atoms with Crippen LogP contribution in [0.1, 0.15) is 11.1 Å². The monoisotopic (exact) mass is 325 g/mol. The average molecular weight is 327 g/mol. The van der Waals surface area contributed by atoms with E-state index in [1.807, 2.05) is 26.0 Å². The lowest BCUT2D eigenvalue weighted by Gasteiger charge is -2.12. The summed E-state index contributed by atoms with van der Waals surface area (Å²) < 4.78 is 6.60. The highest BCUT2D eigenvalue weighted by atomic mass is 79.9. The Morgan fingerprint density at radius 1 is 1.06 bits per heavy atom. The second kappa shape index (κ2) is 5.21. The summed E-state index contributed by atoms with van der Waals surface area (Å²) in [5, 5.41) is 0.655. The van der Waals surface area contributed by atoms with E-state index in [0.29, 0.717) is 22.2 Å². The number of hydrogen-bond acceptors (Lipinski definition) is 2. The van der Waals surface area contributed by atoms with Gasteiger partial charge in [-0.2, -0.15) is 0 Å². The predicted molar refractivity (Wildman–Crippen MR) is 79.6 cm³/mol. The van der Waals surface area contributed by atoms with Gasteiger partial charge in [0.2, 0.25) is 0 Å². The van der Waals surface area contributed by atoms with Crippen LogP contribution >= 0.6 is 27.5 Å². The number of hydrogen-bond donors (Lipinski definition) is 1. The highest BCUT2D eigenvalue weighted by Crippen LogP contribution is 2.35. The molecule has 0 amide bonds. The number of anilines is 1. The zero-order valence-electron chi connectivity index (χ0n) is 10.1. The van der Waals surface area contributed by atoms with Crippen molar-refractivity contribution in [3.05, 3.63) is 51.0 Å². The van der Waals surface area contributed by atoms with Crippen LogP contribution in [0.15, 0.2) is 34.8 Å². The van der Waals surface area contributed by atoms with Gasteiger partial charge in [-0.1, -0.05) is 11.6 Å². The van der Waals surface area contributed by atoms with Gasteiger partial charge in [-0.15, -0.1) is 0 Å². The van der Waals surface area contributed by atoms with Crippen molar-refractivity contribution in [2.45, 2.75) is 13.8 Å². The van der Waals surface area contributed by atoms with Gasteiger partial charge in [-0.3, -0.25) is 0 Å². The quantitative estimate of drug-likeness (QED) is 0.780. The molecule has 0 spiro atoms. The van der Waals surface area contributed by atoms with Crippen molar-refractivity contribution in [3.63, 3.8) is 0 Å². The van der Waals surface area contributed by atoms with Crippen molar-refractivity contribution >= 4 is 33.2 Å². The van der Waals surface area contributed by atoms with Crippen LogP contribution < -0.4 is 10.5 Å². The molecule has 0 aliphatic heterocycles. The summed E-state index contributed by atoms with van der Waals surface area (Å²) in [7, 11) is 0.